The molecule has 1 saturated carbocycles. The Kier molecular flexibility index (Phi) is 5.67. The number of pyridine rings is 2. The molecule has 0 bridgehead atoms. The highest BCUT2D eigenvalue weighted by atomic mass is 19.4. The first kappa shape index (κ1) is 22.5. The number of aliphatic imine (C=N–C) groups is 1. The molecule has 0 unspecified atom stereocenters. The zero-order valence-corrected chi connectivity index (χ0v) is 18.5. The van der Waals surface area contributed by atoms with E-state index in [1.54, 1.807) is 43.6 Å². The first-order chi connectivity index (χ1) is 16.8. The molecule has 11 heteroatoms. The predicted octanol–water partition coefficient (Wildman–Crippen LogP) is 4.68. The number of halogens is 3. The molecule has 35 heavy (non-hydrogen) atoms. The van der Waals surface area contributed by atoms with E-state index in [2.05, 4.69) is 25.4 Å². The molecular weight excluding hydrogens is 461 g/mol. The monoisotopic (exact) mass is 480 g/mol. The number of carbonyl (C=O) groups excluding carboxylic acids is 1. The zero-order valence-electron chi connectivity index (χ0n) is 18.5. The van der Waals surface area contributed by atoms with Crippen molar-refractivity contribution in [3.05, 3.63) is 71.8 Å². The number of aromatic nitrogens is 4. The van der Waals surface area contributed by atoms with E-state index < -0.39 is 23.3 Å². The largest absolute Gasteiger partial charge is 0.474 e. The van der Waals surface area contributed by atoms with Crippen molar-refractivity contribution in [3.8, 4) is 11.6 Å². The molecule has 5 rings (SSSR count). The van der Waals surface area contributed by atoms with Crippen molar-refractivity contribution in [2.24, 2.45) is 4.99 Å². The minimum Gasteiger partial charge on any atom is -0.474 e. The molecule has 3 aromatic heterocycles. The second-order valence-corrected chi connectivity index (χ2v) is 7.94. The highest BCUT2D eigenvalue weighted by Crippen LogP contribution is 2.35. The third-order valence-corrected chi connectivity index (χ3v) is 5.34. The fourth-order valence-electron chi connectivity index (χ4n) is 3.65. The van der Waals surface area contributed by atoms with Crippen molar-refractivity contribution < 1.29 is 22.7 Å². The molecule has 1 aliphatic carbocycles. The highest BCUT2D eigenvalue weighted by Gasteiger charge is 2.41. The van der Waals surface area contributed by atoms with Crippen molar-refractivity contribution in [2.75, 3.05) is 12.4 Å². The van der Waals surface area contributed by atoms with E-state index in [4.69, 9.17) is 4.74 Å². The number of hydrogen-bond donors (Lipinski definition) is 1. The molecule has 8 nitrogen and oxygen atoms in total. The first-order valence-electron chi connectivity index (χ1n) is 10.7. The number of carbonyl (C=O) groups is 1. The number of fused-ring (bicyclic) bond motifs is 1. The minimum absolute atomic E-state index is 0.0939. The summed E-state index contributed by atoms with van der Waals surface area (Å²) in [5.41, 5.74) is -0.447. The van der Waals surface area contributed by atoms with Crippen LogP contribution in [-0.2, 0) is 6.18 Å². The summed E-state index contributed by atoms with van der Waals surface area (Å²) in [6, 6.07) is 9.57. The van der Waals surface area contributed by atoms with Gasteiger partial charge < -0.3 is 10.1 Å². The Morgan fingerprint density at radius 2 is 2.03 bits per heavy atom. The SMILES string of the molecule is CN=Cc1cc(NC(=O)c2cnn(-c3cccc4ncccc34)c2C(F)(F)F)cnc1OC1CC1. The standard InChI is InChI=1S/C24H19F3N6O2/c1-28-11-14-10-15(12-30-23(14)35-16-7-8-16)32-22(34)18-13-31-33(21(18)24(25,26)27)20-6-2-5-19-17(20)4-3-9-29-19/h2-6,9-13,16H,7-8H2,1H3,(H,32,34). The molecule has 0 radical (unpaired) electrons. The Labute approximate surface area is 197 Å². The molecule has 4 aromatic rings. The smallest absolute Gasteiger partial charge is 0.434 e. The molecule has 1 amide bonds. The van der Waals surface area contributed by atoms with Crippen LogP contribution in [0, 0.1) is 0 Å². The van der Waals surface area contributed by atoms with Gasteiger partial charge in [0.25, 0.3) is 5.91 Å². The Morgan fingerprint density at radius 1 is 1.20 bits per heavy atom. The second-order valence-electron chi connectivity index (χ2n) is 7.94. The molecule has 1 aliphatic rings. The summed E-state index contributed by atoms with van der Waals surface area (Å²) < 4.78 is 49.0. The number of benzene rings is 1. The molecule has 0 aliphatic heterocycles. The van der Waals surface area contributed by atoms with Gasteiger partial charge in [-0.15, -0.1) is 0 Å². The maximum absolute atomic E-state index is 14.2. The molecular formula is C24H19F3N6O2. The number of anilines is 1. The number of alkyl halides is 3. The maximum atomic E-state index is 14.2. The Morgan fingerprint density at radius 3 is 2.77 bits per heavy atom. The van der Waals surface area contributed by atoms with Crippen molar-refractivity contribution in [1.29, 1.82) is 0 Å². The van der Waals surface area contributed by atoms with Crippen LogP contribution >= 0.6 is 0 Å². The summed E-state index contributed by atoms with van der Waals surface area (Å²) in [6.45, 7) is 0. The summed E-state index contributed by atoms with van der Waals surface area (Å²) in [7, 11) is 1.57. The minimum atomic E-state index is -4.85. The third kappa shape index (κ3) is 4.57. The van der Waals surface area contributed by atoms with Gasteiger partial charge in [0, 0.05) is 24.8 Å². The van der Waals surface area contributed by atoms with Crippen LogP contribution in [0.25, 0.3) is 16.6 Å². The lowest BCUT2D eigenvalue weighted by Crippen LogP contribution is -2.21. The van der Waals surface area contributed by atoms with E-state index in [1.807, 2.05) is 0 Å². The second kappa shape index (κ2) is 8.82. The van der Waals surface area contributed by atoms with Crippen LogP contribution in [-0.4, -0.2) is 45.0 Å². The van der Waals surface area contributed by atoms with Crippen LogP contribution in [0.4, 0.5) is 18.9 Å². The number of nitrogens with one attached hydrogen (secondary N) is 1. The summed E-state index contributed by atoms with van der Waals surface area (Å²) in [6.07, 6.45) is 2.39. The van der Waals surface area contributed by atoms with Gasteiger partial charge in [-0.25, -0.2) is 9.67 Å². The molecule has 0 saturated heterocycles. The number of nitrogens with zero attached hydrogens (tertiary/aromatic N) is 5. The highest BCUT2D eigenvalue weighted by molar-refractivity contribution is 6.05. The van der Waals surface area contributed by atoms with Gasteiger partial charge in [0.2, 0.25) is 5.88 Å². The fraction of sp³-hybridized carbons (Fsp3) is 0.208. The lowest BCUT2D eigenvalue weighted by molar-refractivity contribution is -0.143. The van der Waals surface area contributed by atoms with Gasteiger partial charge in [0.05, 0.1) is 40.4 Å². The van der Waals surface area contributed by atoms with E-state index in [0.717, 1.165) is 23.7 Å². The molecule has 0 atom stereocenters. The van der Waals surface area contributed by atoms with Gasteiger partial charge in [-0.05, 0) is 43.2 Å². The van der Waals surface area contributed by atoms with Gasteiger partial charge >= 0.3 is 6.18 Å². The van der Waals surface area contributed by atoms with E-state index >= 15 is 0 Å². The van der Waals surface area contributed by atoms with Gasteiger partial charge in [-0.1, -0.05) is 6.07 Å². The quantitative estimate of drug-likeness (QED) is 0.405. The van der Waals surface area contributed by atoms with E-state index in [-0.39, 0.29) is 17.5 Å². The third-order valence-electron chi connectivity index (χ3n) is 5.34. The molecule has 1 fully saturated rings. The van der Waals surface area contributed by atoms with Crippen LogP contribution in [0.15, 0.2) is 60.0 Å². The van der Waals surface area contributed by atoms with Gasteiger partial charge in [0.1, 0.15) is 6.10 Å². The molecule has 1 N–H and O–H groups in total. The Bertz CT molecular complexity index is 1440. The molecule has 0 spiro atoms. The van der Waals surface area contributed by atoms with E-state index in [1.165, 1.54) is 18.5 Å². The van der Waals surface area contributed by atoms with Gasteiger partial charge in [0.15, 0.2) is 5.69 Å². The molecule has 3 heterocycles. The summed E-state index contributed by atoms with van der Waals surface area (Å²) in [5.74, 6) is -0.622. The maximum Gasteiger partial charge on any atom is 0.434 e. The van der Waals surface area contributed by atoms with Crippen LogP contribution < -0.4 is 10.1 Å². The fourth-order valence-corrected chi connectivity index (χ4v) is 3.65. The number of hydrogen-bond acceptors (Lipinski definition) is 6. The summed E-state index contributed by atoms with van der Waals surface area (Å²) in [4.78, 5) is 25.3. The van der Waals surface area contributed by atoms with Crippen LogP contribution in [0.2, 0.25) is 0 Å². The Hall–Kier alpha value is -4.28. The average molecular weight is 480 g/mol. The number of ether oxygens (including phenoxy) is 1. The van der Waals surface area contributed by atoms with Crippen molar-refractivity contribution in [3.63, 3.8) is 0 Å². The van der Waals surface area contributed by atoms with E-state index in [0.29, 0.717) is 22.3 Å². The molecule has 1 aromatic carbocycles. The lowest BCUT2D eigenvalue weighted by Gasteiger charge is -2.14. The van der Waals surface area contributed by atoms with Crippen molar-refractivity contribution in [1.82, 2.24) is 19.7 Å². The number of amides is 1. The van der Waals surface area contributed by atoms with Crippen molar-refractivity contribution >= 4 is 28.7 Å². The predicted molar refractivity (Wildman–Crippen MR) is 123 cm³/mol. The summed E-state index contributed by atoms with van der Waals surface area (Å²) >= 11 is 0. The van der Waals surface area contributed by atoms with Gasteiger partial charge in [-0.2, -0.15) is 18.3 Å². The lowest BCUT2D eigenvalue weighted by atomic mass is 10.1. The normalized spacial score (nSPS) is 13.9. The topological polar surface area (TPSA) is 94.3 Å². The Balaban J connectivity index is 1.51. The van der Waals surface area contributed by atoms with Crippen LogP contribution in [0.5, 0.6) is 5.88 Å². The van der Waals surface area contributed by atoms with Crippen LogP contribution in [0.3, 0.4) is 0 Å². The van der Waals surface area contributed by atoms with E-state index in [9.17, 15) is 18.0 Å². The zero-order chi connectivity index (χ0) is 24.6. The first-order valence-corrected chi connectivity index (χ1v) is 10.7. The summed E-state index contributed by atoms with van der Waals surface area (Å²) in [5, 5.41) is 6.87. The van der Waals surface area contributed by atoms with Crippen molar-refractivity contribution in [2.45, 2.75) is 25.1 Å². The van der Waals surface area contributed by atoms with Gasteiger partial charge in [-0.3, -0.25) is 14.8 Å². The number of rotatable bonds is 6. The molecule has 178 valence electrons. The van der Waals surface area contributed by atoms with Crippen LogP contribution in [0.1, 0.15) is 34.5 Å². The average Bonchev–Trinajstić information content (AvgIpc) is 3.53.